The van der Waals surface area contributed by atoms with Gasteiger partial charge in [0.15, 0.2) is 17.6 Å². The van der Waals surface area contributed by atoms with Gasteiger partial charge >= 0.3 is 12.1 Å². The minimum absolute atomic E-state index is 0.0728. The molecule has 1 aliphatic rings. The Morgan fingerprint density at radius 2 is 1.82 bits per heavy atom. The molecule has 0 fully saturated rings. The van der Waals surface area contributed by atoms with E-state index in [1.165, 1.54) is 26.4 Å². The summed E-state index contributed by atoms with van der Waals surface area (Å²) >= 11 is 0. The number of primary amides is 1. The van der Waals surface area contributed by atoms with Crippen molar-refractivity contribution in [2.45, 2.75) is 65.0 Å². The summed E-state index contributed by atoms with van der Waals surface area (Å²) in [6.07, 6.45) is 3.07. The number of carbonyl (C=O) groups is 2. The number of rotatable bonds is 3. The van der Waals surface area contributed by atoms with Crippen LogP contribution in [0.4, 0.5) is 4.79 Å². The van der Waals surface area contributed by atoms with Crippen LogP contribution in [0.25, 0.3) is 0 Å². The molecule has 10 nitrogen and oxygen atoms in total. The first kappa shape index (κ1) is 30.9. The third-order valence-corrected chi connectivity index (χ3v) is 6.54. The zero-order valence-electron chi connectivity index (χ0n) is 22.7. The third-order valence-electron chi connectivity index (χ3n) is 6.54. The molecule has 2 rings (SSSR count). The summed E-state index contributed by atoms with van der Waals surface area (Å²) in [6, 6.07) is 2.66. The van der Waals surface area contributed by atoms with E-state index in [1.807, 2.05) is 13.8 Å². The molecule has 10 heteroatoms. The number of amides is 1. The molecule has 2 bridgehead atoms. The highest BCUT2D eigenvalue weighted by Gasteiger charge is 2.29. The number of fused-ring (bicyclic) bond motifs is 2. The molecule has 1 aromatic carbocycles. The second-order valence-electron chi connectivity index (χ2n) is 9.71. The maximum atomic E-state index is 12.6. The molecule has 1 aliphatic heterocycles. The molecule has 1 aromatic rings. The van der Waals surface area contributed by atoms with Crippen LogP contribution in [0, 0.1) is 11.8 Å². The SMILES string of the molecule is COC1/C=C\C=C(/C)C(=O)Oc2cc(O)c(O)c(c2)CC(C)CC(OC)C(O)C(C)/C=C(/C)C1OC(N)=O. The molecule has 0 aromatic heterocycles. The first-order chi connectivity index (χ1) is 17.9. The van der Waals surface area contributed by atoms with E-state index in [1.54, 1.807) is 32.1 Å². The molecule has 0 spiro atoms. The van der Waals surface area contributed by atoms with E-state index >= 15 is 0 Å². The fourth-order valence-electron chi connectivity index (χ4n) is 4.45. The molecule has 0 aliphatic carbocycles. The molecule has 0 saturated carbocycles. The van der Waals surface area contributed by atoms with E-state index in [9.17, 15) is 24.9 Å². The van der Waals surface area contributed by atoms with Gasteiger partial charge in [-0.05, 0) is 44.2 Å². The second kappa shape index (κ2) is 14.0. The van der Waals surface area contributed by atoms with Crippen molar-refractivity contribution >= 4 is 12.1 Å². The third kappa shape index (κ3) is 8.34. The van der Waals surface area contributed by atoms with Crippen LogP contribution < -0.4 is 10.5 Å². The lowest BCUT2D eigenvalue weighted by molar-refractivity contribution is -0.130. The zero-order valence-corrected chi connectivity index (χ0v) is 22.7. The van der Waals surface area contributed by atoms with Gasteiger partial charge < -0.3 is 40.0 Å². The molecular formula is C28H39NO9. The van der Waals surface area contributed by atoms with Gasteiger partial charge in [-0.2, -0.15) is 0 Å². The van der Waals surface area contributed by atoms with Gasteiger partial charge in [-0.1, -0.05) is 38.2 Å². The Labute approximate surface area is 223 Å². The van der Waals surface area contributed by atoms with Crippen LogP contribution in [0.1, 0.15) is 39.7 Å². The van der Waals surface area contributed by atoms with Gasteiger partial charge in [-0.25, -0.2) is 9.59 Å². The predicted molar refractivity (Wildman–Crippen MR) is 141 cm³/mol. The maximum absolute atomic E-state index is 12.6. The quantitative estimate of drug-likeness (QED) is 0.197. The largest absolute Gasteiger partial charge is 0.504 e. The van der Waals surface area contributed by atoms with Crippen LogP contribution in [0.3, 0.4) is 0 Å². The summed E-state index contributed by atoms with van der Waals surface area (Å²) in [5.41, 5.74) is 6.55. The minimum atomic E-state index is -0.989. The Balaban J connectivity index is 2.57. The van der Waals surface area contributed by atoms with Crippen molar-refractivity contribution in [3.63, 3.8) is 0 Å². The van der Waals surface area contributed by atoms with Gasteiger partial charge in [0.25, 0.3) is 0 Å². The summed E-state index contributed by atoms with van der Waals surface area (Å²) in [5.74, 6) is -1.80. The van der Waals surface area contributed by atoms with Crippen LogP contribution >= 0.6 is 0 Å². The van der Waals surface area contributed by atoms with E-state index < -0.39 is 48.1 Å². The molecule has 6 atom stereocenters. The molecule has 5 N–H and O–H groups in total. The number of benzene rings is 1. The number of ether oxygens (including phenoxy) is 4. The number of phenols is 2. The van der Waals surface area contributed by atoms with Crippen molar-refractivity contribution < 1.29 is 43.9 Å². The first-order valence-electron chi connectivity index (χ1n) is 12.4. The number of aliphatic hydroxyl groups is 1. The van der Waals surface area contributed by atoms with Gasteiger partial charge in [-0.15, -0.1) is 0 Å². The van der Waals surface area contributed by atoms with Gasteiger partial charge in [0.2, 0.25) is 0 Å². The van der Waals surface area contributed by atoms with Gasteiger partial charge in [-0.3, -0.25) is 0 Å². The van der Waals surface area contributed by atoms with Crippen LogP contribution in [0.5, 0.6) is 17.2 Å². The number of carbonyl (C=O) groups excluding carboxylic acids is 2. The summed E-state index contributed by atoms with van der Waals surface area (Å²) in [4.78, 5) is 24.3. The summed E-state index contributed by atoms with van der Waals surface area (Å²) in [7, 11) is 2.94. The van der Waals surface area contributed by atoms with Crippen LogP contribution in [0.15, 0.2) is 47.6 Å². The number of allylic oxidation sites excluding steroid dienone is 2. The predicted octanol–water partition coefficient (Wildman–Crippen LogP) is 3.53. The zero-order chi connectivity index (χ0) is 28.6. The molecular weight excluding hydrogens is 494 g/mol. The average Bonchev–Trinajstić information content (AvgIpc) is 2.85. The van der Waals surface area contributed by atoms with Crippen molar-refractivity contribution in [2.24, 2.45) is 17.6 Å². The Hall–Kier alpha value is -3.34. The second-order valence-corrected chi connectivity index (χ2v) is 9.71. The standard InChI is InChI=1S/C28H39NO9/c1-15-10-19-13-20(14-21(30)25(19)32)37-27(33)16(2)8-7-9-22(35-5)26(38-28(29)34)18(4)12-17(3)24(31)23(11-15)36-6/h7-9,12-15,17,22-24,26,30-32H,10-11H2,1-6H3,(H2,29,34)/b9-7-,16-8+,18-12-. The summed E-state index contributed by atoms with van der Waals surface area (Å²) < 4.78 is 21.9. The normalized spacial score (nSPS) is 31.3. The summed E-state index contributed by atoms with van der Waals surface area (Å²) in [5, 5.41) is 31.7. The van der Waals surface area contributed by atoms with Crippen LogP contribution in [0.2, 0.25) is 0 Å². The number of hydrogen-bond acceptors (Lipinski definition) is 9. The summed E-state index contributed by atoms with van der Waals surface area (Å²) in [6.45, 7) is 7.02. The Bertz CT molecular complexity index is 1080. The molecule has 210 valence electrons. The fourth-order valence-corrected chi connectivity index (χ4v) is 4.45. The molecule has 0 radical (unpaired) electrons. The first-order valence-corrected chi connectivity index (χ1v) is 12.4. The van der Waals surface area contributed by atoms with Crippen molar-refractivity contribution in [3.8, 4) is 17.2 Å². The highest BCUT2D eigenvalue weighted by molar-refractivity contribution is 5.90. The van der Waals surface area contributed by atoms with E-state index in [-0.39, 0.29) is 23.0 Å². The Morgan fingerprint density at radius 3 is 2.42 bits per heavy atom. The van der Waals surface area contributed by atoms with Gasteiger partial charge in [0.1, 0.15) is 11.9 Å². The number of esters is 1. The van der Waals surface area contributed by atoms with Crippen molar-refractivity contribution in [2.75, 3.05) is 14.2 Å². The lowest BCUT2D eigenvalue weighted by Crippen LogP contribution is -2.37. The molecule has 1 amide bonds. The van der Waals surface area contributed by atoms with Gasteiger partial charge in [0.05, 0.1) is 12.2 Å². The minimum Gasteiger partial charge on any atom is -0.504 e. The van der Waals surface area contributed by atoms with E-state index in [2.05, 4.69) is 0 Å². The van der Waals surface area contributed by atoms with Crippen LogP contribution in [-0.4, -0.2) is 66.0 Å². The van der Waals surface area contributed by atoms with E-state index in [0.29, 0.717) is 24.0 Å². The van der Waals surface area contributed by atoms with Gasteiger partial charge in [0, 0.05) is 37.3 Å². The lowest BCUT2D eigenvalue weighted by atomic mass is 9.88. The number of phenolic OH excluding ortho intramolecular Hbond substituents is 2. The Morgan fingerprint density at radius 1 is 1.13 bits per heavy atom. The molecule has 0 saturated heterocycles. The van der Waals surface area contributed by atoms with E-state index in [4.69, 9.17) is 24.7 Å². The monoisotopic (exact) mass is 533 g/mol. The molecule has 38 heavy (non-hydrogen) atoms. The number of aliphatic hydroxyl groups excluding tert-OH is 1. The van der Waals surface area contributed by atoms with Crippen molar-refractivity contribution in [1.82, 2.24) is 0 Å². The topological polar surface area (TPSA) is 158 Å². The Kier molecular flexibility index (Phi) is 11.4. The molecule has 6 unspecified atom stereocenters. The smallest absolute Gasteiger partial charge is 0.405 e. The number of aromatic hydroxyl groups is 2. The van der Waals surface area contributed by atoms with E-state index in [0.717, 1.165) is 6.07 Å². The van der Waals surface area contributed by atoms with Crippen molar-refractivity contribution in [1.29, 1.82) is 0 Å². The van der Waals surface area contributed by atoms with Crippen LogP contribution in [-0.2, 0) is 25.4 Å². The average molecular weight is 534 g/mol. The lowest BCUT2D eigenvalue weighted by Gasteiger charge is -2.29. The highest BCUT2D eigenvalue weighted by atomic mass is 16.6. The highest BCUT2D eigenvalue weighted by Crippen LogP contribution is 2.36. The molecule has 1 heterocycles. The number of methoxy groups -OCH3 is 2. The number of hydrogen-bond donors (Lipinski definition) is 4. The number of nitrogens with two attached hydrogens (primary N) is 1. The maximum Gasteiger partial charge on any atom is 0.405 e. The fraction of sp³-hybridized carbons (Fsp3) is 0.500. The van der Waals surface area contributed by atoms with Crippen molar-refractivity contribution in [3.05, 3.63) is 53.1 Å².